The van der Waals surface area contributed by atoms with Crippen molar-refractivity contribution >= 4 is 0 Å². The molecule has 0 aromatic heterocycles. The van der Waals surface area contributed by atoms with Crippen LogP contribution in [0, 0.1) is 0 Å². The number of ether oxygens (including phenoxy) is 25. The average Bonchev–Trinajstić information content (AvgIpc) is 3.67. The Bertz CT molecular complexity index is 1600. The molecule has 26 nitrogen and oxygen atoms in total. The lowest BCUT2D eigenvalue weighted by Gasteiger charge is -2.09. The first-order valence-corrected chi connectivity index (χ1v) is 32.4. The van der Waals surface area contributed by atoms with Crippen LogP contribution >= 0.6 is 0 Å². The molecule has 0 heterocycles. The molecule has 91 heavy (non-hydrogen) atoms. The van der Waals surface area contributed by atoms with E-state index in [1.165, 1.54) is 5.56 Å². The smallest absolute Gasteiger partial charge is 0.119 e. The maximum atomic E-state index is 8.61. The van der Waals surface area contributed by atoms with Gasteiger partial charge in [-0.3, -0.25) is 0 Å². The fourth-order valence-corrected chi connectivity index (χ4v) is 6.80. The normalized spacial score (nSPS) is 11.5. The first kappa shape index (κ1) is 86.3. The highest BCUT2D eigenvalue weighted by atomic mass is 16.6. The Kier molecular flexibility index (Phi) is 73.9. The van der Waals surface area contributed by atoms with Crippen LogP contribution in [0.3, 0.4) is 0 Å². The van der Waals surface area contributed by atoms with Gasteiger partial charge in [0.1, 0.15) is 12.4 Å². The molecule has 0 aliphatic rings. The third-order valence-electron chi connectivity index (χ3n) is 11.5. The van der Waals surface area contributed by atoms with Crippen LogP contribution in [0.2, 0.25) is 0 Å². The van der Waals surface area contributed by atoms with E-state index in [-0.39, 0.29) is 6.61 Å². The van der Waals surface area contributed by atoms with Crippen molar-refractivity contribution in [1.29, 1.82) is 0 Å². The van der Waals surface area contributed by atoms with Gasteiger partial charge in [-0.05, 0) is 23.6 Å². The van der Waals surface area contributed by atoms with E-state index >= 15 is 0 Å². The summed E-state index contributed by atoms with van der Waals surface area (Å²) in [5.41, 5.74) is 1.41. The van der Waals surface area contributed by atoms with Crippen molar-refractivity contribution in [3.8, 4) is 5.75 Å². The summed E-state index contributed by atoms with van der Waals surface area (Å²) < 4.78 is 137. The van der Waals surface area contributed by atoms with Crippen molar-refractivity contribution in [3.63, 3.8) is 0 Å². The van der Waals surface area contributed by atoms with Crippen LogP contribution in [0.4, 0.5) is 0 Å². The van der Waals surface area contributed by atoms with Gasteiger partial charge in [0, 0.05) is 0 Å². The summed E-state index contributed by atoms with van der Waals surface area (Å²) in [6.45, 7) is 28.3. The summed E-state index contributed by atoms with van der Waals surface area (Å²) in [6, 6.07) is 20.2. The van der Waals surface area contributed by atoms with Crippen LogP contribution in [0.15, 0.2) is 60.7 Å². The highest BCUT2D eigenvalue weighted by molar-refractivity contribution is 5.20. The largest absolute Gasteiger partial charge is 0.491 e. The topological polar surface area (TPSA) is 251 Å². The quantitative estimate of drug-likeness (QED) is 0.0908. The maximum Gasteiger partial charge on any atom is 0.119 e. The van der Waals surface area contributed by atoms with Gasteiger partial charge in [0.15, 0.2) is 0 Å². The fourth-order valence-electron chi connectivity index (χ4n) is 6.80. The van der Waals surface area contributed by atoms with Crippen molar-refractivity contribution in [2.45, 2.75) is 19.8 Å². The van der Waals surface area contributed by atoms with Crippen LogP contribution in [-0.4, -0.2) is 335 Å². The molecule has 0 unspecified atom stereocenters. The number of aliphatic hydroxyl groups is 1. The van der Waals surface area contributed by atoms with Crippen molar-refractivity contribution in [3.05, 3.63) is 66.2 Å². The van der Waals surface area contributed by atoms with E-state index in [2.05, 4.69) is 38.1 Å². The lowest BCUT2D eigenvalue weighted by molar-refractivity contribution is -0.0320. The Hall–Kier alpha value is -2.76. The molecule has 1 N–H and O–H groups in total. The Labute approximate surface area is 543 Å². The molecule has 0 saturated heterocycles. The van der Waals surface area contributed by atoms with Crippen LogP contribution in [-0.2, 0) is 114 Å². The molecule has 0 atom stereocenters. The Morgan fingerprint density at radius 2 is 0.341 bits per heavy atom. The number of hydrogen-bond acceptors (Lipinski definition) is 26. The van der Waals surface area contributed by atoms with Gasteiger partial charge in [0.25, 0.3) is 0 Å². The fraction of sp³-hybridized carbons (Fsp3) is 0.815. The van der Waals surface area contributed by atoms with Crippen molar-refractivity contribution < 1.29 is 124 Å². The van der Waals surface area contributed by atoms with E-state index < -0.39 is 0 Å². The number of para-hydroxylation sites is 1. The van der Waals surface area contributed by atoms with Gasteiger partial charge in [0.2, 0.25) is 0 Å². The second-order valence-electron chi connectivity index (χ2n) is 19.1. The number of rotatable bonds is 76. The van der Waals surface area contributed by atoms with E-state index in [1.807, 2.05) is 36.4 Å². The number of benzene rings is 2. The molecular formula is C65H118O26. The third kappa shape index (κ3) is 72.9. The minimum atomic E-state index is 0.0177. The molecule has 2 rings (SSSR count). The van der Waals surface area contributed by atoms with Crippen molar-refractivity contribution in [2.24, 2.45) is 0 Å². The molecular weight excluding hydrogens is 1200 g/mol. The number of hydrogen-bond donors (Lipinski definition) is 1. The first-order chi connectivity index (χ1) is 45.2. The summed E-state index contributed by atoms with van der Waals surface area (Å²) in [6.07, 6.45) is 0. The molecule has 0 bridgehead atoms. The molecule has 2 aromatic carbocycles. The summed E-state index contributed by atoms with van der Waals surface area (Å²) >= 11 is 0. The van der Waals surface area contributed by atoms with Crippen molar-refractivity contribution in [2.75, 3.05) is 330 Å². The molecule has 0 saturated carbocycles. The molecule has 0 aliphatic carbocycles. The summed E-state index contributed by atoms with van der Waals surface area (Å²) in [4.78, 5) is 0. The molecule has 0 radical (unpaired) electrons. The van der Waals surface area contributed by atoms with Gasteiger partial charge in [0.05, 0.1) is 324 Å². The second kappa shape index (κ2) is 77.9. The van der Waals surface area contributed by atoms with Gasteiger partial charge >= 0.3 is 0 Å². The Balaban J connectivity index is 0.00000420. The molecule has 0 fully saturated rings. The highest BCUT2D eigenvalue weighted by Gasteiger charge is 2.02. The molecule has 26 heteroatoms. The van der Waals surface area contributed by atoms with E-state index in [0.717, 1.165) is 5.75 Å². The monoisotopic (exact) mass is 1310 g/mol. The zero-order valence-corrected chi connectivity index (χ0v) is 55.4. The predicted octanol–water partition coefficient (Wildman–Crippen LogP) is 4.27. The maximum absolute atomic E-state index is 8.61. The van der Waals surface area contributed by atoms with E-state index in [9.17, 15) is 0 Å². The predicted molar refractivity (Wildman–Crippen MR) is 339 cm³/mol. The van der Waals surface area contributed by atoms with Crippen LogP contribution in [0.1, 0.15) is 25.3 Å². The Morgan fingerprint density at radius 1 is 0.198 bits per heavy atom. The summed E-state index contributed by atoms with van der Waals surface area (Å²) in [7, 11) is 0. The van der Waals surface area contributed by atoms with E-state index in [0.29, 0.717) is 330 Å². The molecule has 0 amide bonds. The zero-order valence-electron chi connectivity index (χ0n) is 55.4. The lowest BCUT2D eigenvalue weighted by Crippen LogP contribution is -2.16. The average molecular weight is 1320 g/mol. The summed E-state index contributed by atoms with van der Waals surface area (Å²) in [5, 5.41) is 8.61. The lowest BCUT2D eigenvalue weighted by atomic mass is 10.0. The second-order valence-corrected chi connectivity index (χ2v) is 19.1. The van der Waals surface area contributed by atoms with Gasteiger partial charge in [-0.2, -0.15) is 0 Å². The number of aliphatic hydroxyl groups excluding tert-OH is 1. The zero-order chi connectivity index (χ0) is 64.8. The van der Waals surface area contributed by atoms with Gasteiger partial charge in [-0.15, -0.1) is 0 Å². The molecule has 0 spiro atoms. The molecule has 0 aliphatic heterocycles. The van der Waals surface area contributed by atoms with Crippen LogP contribution < -0.4 is 4.74 Å². The van der Waals surface area contributed by atoms with Gasteiger partial charge in [-0.25, -0.2) is 0 Å². The van der Waals surface area contributed by atoms with Crippen LogP contribution in [0.25, 0.3) is 0 Å². The minimum Gasteiger partial charge on any atom is -0.491 e. The third-order valence-corrected chi connectivity index (χ3v) is 11.5. The molecule has 2 aromatic rings. The summed E-state index contributed by atoms with van der Waals surface area (Å²) in [5.74, 6) is 1.50. The van der Waals surface area contributed by atoms with Crippen LogP contribution in [0.5, 0.6) is 5.75 Å². The highest BCUT2D eigenvalue weighted by Crippen LogP contribution is 2.12. The first-order valence-electron chi connectivity index (χ1n) is 32.4. The van der Waals surface area contributed by atoms with Crippen molar-refractivity contribution in [1.82, 2.24) is 0 Å². The van der Waals surface area contributed by atoms with E-state index in [1.54, 1.807) is 0 Å². The Morgan fingerprint density at radius 3 is 0.484 bits per heavy atom. The SMILES string of the molecule is CC(C)c1ccccc1.OCCOCCOCCOCCOCCOCCOCCOCCOCCOCCOCCOCCOCCOCCOCCOCCOCCOCCOCCOCCOCCOCCOCCOCCOCCOc1ccccc1. The standard InChI is InChI=1S/C56H106O26.C9H12/c57-6-7-58-8-9-59-10-11-60-12-13-61-14-15-62-16-17-63-18-19-64-20-21-65-22-23-66-24-25-67-26-27-68-28-29-69-30-31-70-32-33-71-34-35-72-36-37-73-38-39-74-40-41-75-42-43-76-44-45-77-46-47-78-48-49-79-50-51-80-52-53-81-54-55-82-56-4-2-1-3-5-56;1-8(2)9-6-4-3-5-7-9/h1-5,57H,6-55H2;3-8H,1-2H3. The van der Waals surface area contributed by atoms with E-state index in [4.69, 9.17) is 124 Å². The van der Waals surface area contributed by atoms with Gasteiger partial charge < -0.3 is 124 Å². The molecule has 534 valence electrons. The minimum absolute atomic E-state index is 0.0177. The van der Waals surface area contributed by atoms with Gasteiger partial charge in [-0.1, -0.05) is 62.4 Å².